The smallest absolute Gasteiger partial charge is 0.262 e. The molecule has 162 valence electrons. The first-order valence-corrected chi connectivity index (χ1v) is 11.2. The van der Waals surface area contributed by atoms with Crippen molar-refractivity contribution >= 4 is 28.3 Å². The van der Waals surface area contributed by atoms with Crippen LogP contribution in [-0.4, -0.2) is 30.6 Å². The molecule has 2 unspecified atom stereocenters. The third-order valence-corrected chi connectivity index (χ3v) is 5.87. The van der Waals surface area contributed by atoms with Crippen molar-refractivity contribution in [1.29, 1.82) is 0 Å². The fourth-order valence-corrected chi connectivity index (χ4v) is 4.42. The van der Waals surface area contributed by atoms with Crippen molar-refractivity contribution in [2.24, 2.45) is 11.8 Å². The van der Waals surface area contributed by atoms with Crippen LogP contribution in [0, 0.1) is 11.8 Å². The summed E-state index contributed by atoms with van der Waals surface area (Å²) in [7, 11) is 0. The number of nitrogens with one attached hydrogen (secondary N) is 1. The third-order valence-electron chi connectivity index (χ3n) is 5.87. The number of aryl methyl sites for hydroxylation is 1. The number of carbonyl (C=O) groups is 1. The standard InChI is InChI=1S/C26H31N3O2/c1-4-20-8-11-22(12-9-20)27-25(30)17-31-23-7-5-6-21-10-13-24(28-26(21)23)29-15-18(2)14-19(3)16-29/h5-13,18-19H,4,14-17H2,1-3H3,(H,27,30). The summed E-state index contributed by atoms with van der Waals surface area (Å²) in [5, 5.41) is 3.90. The van der Waals surface area contributed by atoms with E-state index in [0.29, 0.717) is 17.6 Å². The van der Waals surface area contributed by atoms with Gasteiger partial charge in [-0.15, -0.1) is 0 Å². The second-order valence-electron chi connectivity index (χ2n) is 8.74. The predicted molar refractivity (Wildman–Crippen MR) is 127 cm³/mol. The van der Waals surface area contributed by atoms with Gasteiger partial charge in [0.1, 0.15) is 17.1 Å². The Kier molecular flexibility index (Phi) is 6.40. The van der Waals surface area contributed by atoms with Crippen molar-refractivity contribution in [2.75, 3.05) is 29.9 Å². The van der Waals surface area contributed by atoms with Crippen LogP contribution in [0.3, 0.4) is 0 Å². The minimum atomic E-state index is -0.184. The number of ether oxygens (including phenoxy) is 1. The summed E-state index contributed by atoms with van der Waals surface area (Å²) in [6.45, 7) is 8.69. The molecule has 1 aliphatic rings. The minimum Gasteiger partial charge on any atom is -0.481 e. The lowest BCUT2D eigenvalue weighted by Gasteiger charge is -2.35. The van der Waals surface area contributed by atoms with E-state index >= 15 is 0 Å². The molecule has 5 heteroatoms. The maximum Gasteiger partial charge on any atom is 0.262 e. The number of pyridine rings is 1. The lowest BCUT2D eigenvalue weighted by atomic mass is 9.92. The summed E-state index contributed by atoms with van der Waals surface area (Å²) in [6, 6.07) is 17.9. The zero-order valence-corrected chi connectivity index (χ0v) is 18.6. The van der Waals surface area contributed by atoms with Gasteiger partial charge in [0, 0.05) is 24.2 Å². The highest BCUT2D eigenvalue weighted by Gasteiger charge is 2.23. The number of anilines is 2. The van der Waals surface area contributed by atoms with E-state index < -0.39 is 0 Å². The van der Waals surface area contributed by atoms with Crippen LogP contribution in [0.5, 0.6) is 5.75 Å². The van der Waals surface area contributed by atoms with Gasteiger partial charge in [-0.05, 0) is 60.6 Å². The van der Waals surface area contributed by atoms with Gasteiger partial charge in [0.05, 0.1) is 0 Å². The SMILES string of the molecule is CCc1ccc(NC(=O)COc2cccc3ccc(N4CC(C)CC(C)C4)nc23)cc1. The van der Waals surface area contributed by atoms with Gasteiger partial charge >= 0.3 is 0 Å². The van der Waals surface area contributed by atoms with Crippen LogP contribution in [-0.2, 0) is 11.2 Å². The van der Waals surface area contributed by atoms with E-state index in [9.17, 15) is 4.79 Å². The van der Waals surface area contributed by atoms with Crippen LogP contribution in [0.1, 0.15) is 32.8 Å². The van der Waals surface area contributed by atoms with Crippen LogP contribution in [0.15, 0.2) is 54.6 Å². The van der Waals surface area contributed by atoms with Gasteiger partial charge in [0.2, 0.25) is 0 Å². The zero-order valence-electron chi connectivity index (χ0n) is 18.6. The van der Waals surface area contributed by atoms with E-state index in [1.807, 2.05) is 42.5 Å². The Morgan fingerprint density at radius 2 is 1.81 bits per heavy atom. The fourth-order valence-electron chi connectivity index (χ4n) is 4.42. The van der Waals surface area contributed by atoms with E-state index in [4.69, 9.17) is 9.72 Å². The van der Waals surface area contributed by atoms with Crippen molar-refractivity contribution in [3.8, 4) is 5.75 Å². The second kappa shape index (κ2) is 9.38. The van der Waals surface area contributed by atoms with Gasteiger partial charge in [-0.2, -0.15) is 0 Å². The number of benzene rings is 2. The monoisotopic (exact) mass is 417 g/mol. The number of rotatable bonds is 6. The largest absolute Gasteiger partial charge is 0.481 e. The van der Waals surface area contributed by atoms with Crippen molar-refractivity contribution in [2.45, 2.75) is 33.6 Å². The molecule has 0 bridgehead atoms. The molecule has 1 saturated heterocycles. The molecular formula is C26H31N3O2. The number of piperidine rings is 1. The number of aromatic nitrogens is 1. The Balaban J connectivity index is 1.47. The maximum atomic E-state index is 12.4. The number of para-hydroxylation sites is 1. The van der Waals surface area contributed by atoms with Crippen molar-refractivity contribution in [1.82, 2.24) is 4.98 Å². The lowest BCUT2D eigenvalue weighted by molar-refractivity contribution is -0.118. The van der Waals surface area contributed by atoms with E-state index in [-0.39, 0.29) is 12.5 Å². The first-order chi connectivity index (χ1) is 15.0. The van der Waals surface area contributed by atoms with E-state index in [1.165, 1.54) is 12.0 Å². The summed E-state index contributed by atoms with van der Waals surface area (Å²) in [5.41, 5.74) is 2.81. The van der Waals surface area contributed by atoms with Crippen LogP contribution in [0.25, 0.3) is 10.9 Å². The summed E-state index contributed by atoms with van der Waals surface area (Å²) >= 11 is 0. The van der Waals surface area contributed by atoms with Crippen LogP contribution >= 0.6 is 0 Å². The third kappa shape index (κ3) is 5.16. The molecule has 1 aliphatic heterocycles. The number of hydrogen-bond acceptors (Lipinski definition) is 4. The van der Waals surface area contributed by atoms with Gasteiger partial charge in [-0.3, -0.25) is 4.79 Å². The van der Waals surface area contributed by atoms with Gasteiger partial charge in [-0.1, -0.05) is 45.0 Å². The van der Waals surface area contributed by atoms with Crippen molar-refractivity contribution in [3.63, 3.8) is 0 Å². The average molecular weight is 418 g/mol. The molecule has 2 aromatic carbocycles. The van der Waals surface area contributed by atoms with Crippen LogP contribution in [0.2, 0.25) is 0 Å². The van der Waals surface area contributed by atoms with Crippen LogP contribution in [0.4, 0.5) is 11.5 Å². The predicted octanol–water partition coefficient (Wildman–Crippen LogP) is 5.30. The molecule has 4 rings (SSSR count). The Morgan fingerprint density at radius 3 is 2.52 bits per heavy atom. The Hall–Kier alpha value is -3.08. The highest BCUT2D eigenvalue weighted by atomic mass is 16.5. The second-order valence-corrected chi connectivity index (χ2v) is 8.74. The number of carbonyl (C=O) groups excluding carboxylic acids is 1. The van der Waals surface area contributed by atoms with Crippen molar-refractivity contribution in [3.05, 3.63) is 60.2 Å². The van der Waals surface area contributed by atoms with Gasteiger partial charge in [0.25, 0.3) is 5.91 Å². The molecule has 2 atom stereocenters. The summed E-state index contributed by atoms with van der Waals surface area (Å²) < 4.78 is 5.89. The molecule has 2 heterocycles. The average Bonchev–Trinajstić information content (AvgIpc) is 2.77. The topological polar surface area (TPSA) is 54.5 Å². The highest BCUT2D eigenvalue weighted by molar-refractivity contribution is 5.92. The van der Waals surface area contributed by atoms with E-state index in [2.05, 4.69) is 43.1 Å². The summed E-state index contributed by atoms with van der Waals surface area (Å²) in [6.07, 6.45) is 2.23. The number of amides is 1. The Bertz CT molecular complexity index is 1040. The highest BCUT2D eigenvalue weighted by Crippen LogP contribution is 2.29. The maximum absolute atomic E-state index is 12.4. The molecule has 0 saturated carbocycles. The Labute approximate surface area is 184 Å². The molecule has 1 N–H and O–H groups in total. The van der Waals surface area contributed by atoms with Gasteiger partial charge in [0.15, 0.2) is 6.61 Å². The molecule has 31 heavy (non-hydrogen) atoms. The molecule has 0 aliphatic carbocycles. The molecule has 0 spiro atoms. The summed E-state index contributed by atoms with van der Waals surface area (Å²) in [4.78, 5) is 19.7. The molecular weight excluding hydrogens is 386 g/mol. The van der Waals surface area contributed by atoms with Gasteiger partial charge in [-0.25, -0.2) is 4.98 Å². The first-order valence-electron chi connectivity index (χ1n) is 11.2. The lowest BCUT2D eigenvalue weighted by Crippen LogP contribution is -2.39. The fraction of sp³-hybridized carbons (Fsp3) is 0.385. The minimum absolute atomic E-state index is 0.0572. The molecule has 3 aromatic rings. The summed E-state index contributed by atoms with van der Waals surface area (Å²) in [5.74, 6) is 2.73. The van der Waals surface area contributed by atoms with E-state index in [1.54, 1.807) is 0 Å². The van der Waals surface area contributed by atoms with Crippen LogP contribution < -0.4 is 15.0 Å². The molecule has 1 amide bonds. The Morgan fingerprint density at radius 1 is 1.06 bits per heavy atom. The zero-order chi connectivity index (χ0) is 21.8. The first kappa shape index (κ1) is 21.2. The molecule has 1 fully saturated rings. The van der Waals surface area contributed by atoms with E-state index in [0.717, 1.165) is 41.9 Å². The number of fused-ring (bicyclic) bond motifs is 1. The number of nitrogens with zero attached hydrogens (tertiary/aromatic N) is 2. The van der Waals surface area contributed by atoms with Gasteiger partial charge < -0.3 is 15.0 Å². The normalized spacial score (nSPS) is 18.7. The van der Waals surface area contributed by atoms with Crippen molar-refractivity contribution < 1.29 is 9.53 Å². The quantitative estimate of drug-likeness (QED) is 0.592. The molecule has 1 aromatic heterocycles. The molecule has 5 nitrogen and oxygen atoms in total. The number of hydrogen-bond donors (Lipinski definition) is 1. The molecule has 0 radical (unpaired) electrons.